The Kier molecular flexibility index (Phi) is 8.35. The van der Waals surface area contributed by atoms with Gasteiger partial charge in [-0.15, -0.1) is 0 Å². The molecule has 0 spiro atoms. The first-order valence-corrected chi connectivity index (χ1v) is 14.3. The van der Waals surface area contributed by atoms with Crippen molar-refractivity contribution in [3.63, 3.8) is 0 Å². The fourth-order valence-corrected chi connectivity index (χ4v) is 4.87. The molecule has 0 atom stereocenters. The molecule has 3 heterocycles. The molecule has 1 saturated carbocycles. The van der Waals surface area contributed by atoms with Gasteiger partial charge in [-0.3, -0.25) is 0 Å². The van der Waals surface area contributed by atoms with Gasteiger partial charge in [-0.05, 0) is 36.6 Å². The molecule has 0 amide bonds. The van der Waals surface area contributed by atoms with Gasteiger partial charge in [0.25, 0.3) is 0 Å². The number of aromatic nitrogens is 3. The van der Waals surface area contributed by atoms with Crippen molar-refractivity contribution in [3.05, 3.63) is 41.6 Å². The molecule has 40 heavy (non-hydrogen) atoms. The smallest absolute Gasteiger partial charge is 0.475 e. The minimum absolute atomic E-state index is 0.0378. The molecule has 2 aliphatic rings. The van der Waals surface area contributed by atoms with Crippen LogP contribution in [0.15, 0.2) is 30.5 Å². The summed E-state index contributed by atoms with van der Waals surface area (Å²) in [5.41, 5.74) is 3.29. The van der Waals surface area contributed by atoms with E-state index in [2.05, 4.69) is 37.0 Å². The Balaban J connectivity index is 0.000000470. The number of hydrogen-bond acceptors (Lipinski definition) is 10. The van der Waals surface area contributed by atoms with Gasteiger partial charge >= 0.3 is 12.1 Å². The number of carboxylic acid groups (broad SMARTS) is 1. The molecule has 5 rings (SSSR count). The zero-order valence-electron chi connectivity index (χ0n) is 21.4. The number of aliphatic carboxylic acids is 1. The number of alkyl halides is 3. The zero-order valence-corrected chi connectivity index (χ0v) is 22.2. The molecule has 3 aromatic rings. The second-order valence-corrected chi connectivity index (χ2v) is 11.6. The van der Waals surface area contributed by atoms with Gasteiger partial charge in [0, 0.05) is 55.9 Å². The molecule has 1 aliphatic heterocycles. The fourth-order valence-electron chi connectivity index (χ4n) is 4.07. The van der Waals surface area contributed by atoms with Gasteiger partial charge in [-0.1, -0.05) is 0 Å². The van der Waals surface area contributed by atoms with Crippen LogP contribution in [0, 0.1) is 11.3 Å². The highest BCUT2D eigenvalue weighted by Gasteiger charge is 2.38. The van der Waals surface area contributed by atoms with Gasteiger partial charge in [-0.25, -0.2) is 18.2 Å². The first-order chi connectivity index (χ1) is 18.8. The van der Waals surface area contributed by atoms with Gasteiger partial charge in [0.05, 0.1) is 11.9 Å². The standard InChI is InChI=1S/C22H26N8O2S.C2HF3O2/c1-33(31,32)14-15-10-18(4-5-19(15)29-8-6-24-7-9-29)26-20-11-21(27-17-2-3-17)30-22(28-20)16(12-23)13-25-30;3-2(4,5)1(6)7/h4-5,10-11,13,17,24,27H,2-3,6-9,14H2,1H3,(H,26,28);(H,6,7). The Labute approximate surface area is 227 Å². The van der Waals surface area contributed by atoms with Crippen LogP contribution in [-0.4, -0.2) is 78.7 Å². The highest BCUT2D eigenvalue weighted by atomic mass is 32.2. The first kappa shape index (κ1) is 28.9. The number of nitriles is 1. The van der Waals surface area contributed by atoms with Crippen LogP contribution in [0.4, 0.5) is 36.2 Å². The second-order valence-electron chi connectivity index (χ2n) is 9.43. The summed E-state index contributed by atoms with van der Waals surface area (Å²) in [7, 11) is -3.21. The predicted octanol–water partition coefficient (Wildman–Crippen LogP) is 2.51. The molecule has 214 valence electrons. The number of nitrogens with zero attached hydrogens (tertiary/aromatic N) is 5. The van der Waals surface area contributed by atoms with Crippen LogP contribution < -0.4 is 20.9 Å². The van der Waals surface area contributed by atoms with Gasteiger partial charge in [0.2, 0.25) is 0 Å². The lowest BCUT2D eigenvalue weighted by Gasteiger charge is -2.31. The molecule has 2 fully saturated rings. The predicted molar refractivity (Wildman–Crippen MR) is 141 cm³/mol. The average molecular weight is 581 g/mol. The summed E-state index contributed by atoms with van der Waals surface area (Å²) in [6.45, 7) is 3.39. The number of rotatable bonds is 7. The second kappa shape index (κ2) is 11.6. The third-order valence-corrected chi connectivity index (χ3v) is 6.83. The van der Waals surface area contributed by atoms with Crippen molar-refractivity contribution in [2.24, 2.45) is 0 Å². The van der Waals surface area contributed by atoms with Crippen LogP contribution in [0.3, 0.4) is 0 Å². The van der Waals surface area contributed by atoms with E-state index < -0.39 is 22.0 Å². The third kappa shape index (κ3) is 7.51. The molecule has 16 heteroatoms. The number of anilines is 4. The number of sulfone groups is 1. The van der Waals surface area contributed by atoms with Crippen LogP contribution in [0.2, 0.25) is 0 Å². The van der Waals surface area contributed by atoms with Crippen LogP contribution in [0.5, 0.6) is 0 Å². The van der Waals surface area contributed by atoms with E-state index in [0.717, 1.165) is 61.8 Å². The SMILES string of the molecule is CS(=O)(=O)Cc1cc(Nc2cc(NC3CC3)n3ncc(C#N)c3n2)ccc1N1CCNCC1.O=C(O)C(F)(F)F. The number of carboxylic acids is 1. The maximum absolute atomic E-state index is 12.1. The third-order valence-electron chi connectivity index (χ3n) is 5.99. The molecule has 2 aromatic heterocycles. The van der Waals surface area contributed by atoms with Crippen molar-refractivity contribution in [2.45, 2.75) is 30.8 Å². The molecular weight excluding hydrogens is 553 g/mol. The van der Waals surface area contributed by atoms with Crippen molar-refractivity contribution in [1.29, 1.82) is 5.26 Å². The number of carbonyl (C=O) groups is 1. The maximum atomic E-state index is 12.1. The van der Waals surface area contributed by atoms with Crippen LogP contribution in [0.25, 0.3) is 5.65 Å². The molecule has 12 nitrogen and oxygen atoms in total. The Hall–Kier alpha value is -4.10. The summed E-state index contributed by atoms with van der Waals surface area (Å²) in [5, 5.41) is 30.9. The van der Waals surface area contributed by atoms with Crippen LogP contribution in [0.1, 0.15) is 24.0 Å². The van der Waals surface area contributed by atoms with Crippen molar-refractivity contribution >= 4 is 44.5 Å². The molecule has 0 radical (unpaired) electrons. The topological polar surface area (TPSA) is 165 Å². The summed E-state index contributed by atoms with van der Waals surface area (Å²) >= 11 is 0. The van der Waals surface area contributed by atoms with Gasteiger partial charge in [0.15, 0.2) is 15.5 Å². The lowest BCUT2D eigenvalue weighted by atomic mass is 10.1. The van der Waals surface area contributed by atoms with E-state index in [4.69, 9.17) is 9.90 Å². The normalized spacial score (nSPS) is 15.6. The van der Waals surface area contributed by atoms with E-state index in [0.29, 0.717) is 23.1 Å². The van der Waals surface area contributed by atoms with E-state index in [1.165, 1.54) is 12.5 Å². The summed E-state index contributed by atoms with van der Waals surface area (Å²) in [5.74, 6) is -1.47. The molecular formula is C24H27F3N8O4S. The quantitative estimate of drug-likeness (QED) is 0.325. The van der Waals surface area contributed by atoms with Crippen molar-refractivity contribution < 1.29 is 31.5 Å². The minimum atomic E-state index is -5.08. The number of nitrogens with one attached hydrogen (secondary N) is 3. The molecule has 1 aliphatic carbocycles. The van der Waals surface area contributed by atoms with Crippen LogP contribution >= 0.6 is 0 Å². The largest absolute Gasteiger partial charge is 0.490 e. The number of piperazine rings is 1. The van der Waals surface area contributed by atoms with E-state index in [1.54, 1.807) is 4.52 Å². The summed E-state index contributed by atoms with van der Waals surface area (Å²) < 4.78 is 57.6. The average Bonchev–Trinajstić information content (AvgIpc) is 3.59. The number of fused-ring (bicyclic) bond motifs is 1. The van der Waals surface area contributed by atoms with Crippen LogP contribution in [-0.2, 0) is 20.4 Å². The lowest BCUT2D eigenvalue weighted by Crippen LogP contribution is -2.44. The number of benzene rings is 1. The van der Waals surface area contributed by atoms with Gasteiger partial charge < -0.3 is 26.0 Å². The molecule has 4 N–H and O–H groups in total. The van der Waals surface area contributed by atoms with Crippen molar-refractivity contribution in [1.82, 2.24) is 19.9 Å². The molecule has 0 unspecified atom stereocenters. The van der Waals surface area contributed by atoms with E-state index in [1.807, 2.05) is 24.3 Å². The van der Waals surface area contributed by atoms with E-state index >= 15 is 0 Å². The zero-order chi connectivity index (χ0) is 29.1. The Morgan fingerprint density at radius 1 is 1.25 bits per heavy atom. The number of hydrogen-bond donors (Lipinski definition) is 4. The lowest BCUT2D eigenvalue weighted by molar-refractivity contribution is -0.192. The fraction of sp³-hybridized carbons (Fsp3) is 0.417. The Morgan fingerprint density at radius 2 is 1.93 bits per heavy atom. The van der Waals surface area contributed by atoms with Gasteiger partial charge in [0.1, 0.15) is 23.3 Å². The first-order valence-electron chi connectivity index (χ1n) is 12.2. The van der Waals surface area contributed by atoms with Crippen molar-refractivity contribution in [3.8, 4) is 6.07 Å². The summed E-state index contributed by atoms with van der Waals surface area (Å²) in [6.07, 6.45) is -0.123. The Morgan fingerprint density at radius 3 is 2.50 bits per heavy atom. The highest BCUT2D eigenvalue weighted by molar-refractivity contribution is 7.89. The van der Waals surface area contributed by atoms with Gasteiger partial charge in [-0.2, -0.15) is 28.0 Å². The summed E-state index contributed by atoms with van der Waals surface area (Å²) in [4.78, 5) is 15.7. The number of halogens is 3. The summed E-state index contributed by atoms with van der Waals surface area (Å²) in [6, 6.07) is 10.2. The Bertz CT molecular complexity index is 1540. The molecule has 1 saturated heterocycles. The molecule has 0 bridgehead atoms. The monoisotopic (exact) mass is 580 g/mol. The minimum Gasteiger partial charge on any atom is -0.475 e. The highest BCUT2D eigenvalue weighted by Crippen LogP contribution is 2.30. The molecule has 1 aromatic carbocycles. The van der Waals surface area contributed by atoms with Crippen molar-refractivity contribution in [2.75, 3.05) is 48.0 Å². The van der Waals surface area contributed by atoms with E-state index in [9.17, 15) is 26.9 Å². The van der Waals surface area contributed by atoms with E-state index in [-0.39, 0.29) is 5.75 Å². The maximum Gasteiger partial charge on any atom is 0.490 e.